The van der Waals surface area contributed by atoms with Gasteiger partial charge in [0.1, 0.15) is 0 Å². The minimum Gasteiger partial charge on any atom is -0.480 e. The van der Waals surface area contributed by atoms with Crippen molar-refractivity contribution in [3.63, 3.8) is 0 Å². The van der Waals surface area contributed by atoms with Gasteiger partial charge < -0.3 is 10.0 Å². The molecule has 0 radical (unpaired) electrons. The molecule has 1 rings (SSSR count). The Labute approximate surface area is 158 Å². The molecule has 25 heavy (non-hydrogen) atoms. The van der Waals surface area contributed by atoms with Crippen LogP contribution in [0.1, 0.15) is 46.5 Å². The van der Waals surface area contributed by atoms with Gasteiger partial charge in [0.15, 0.2) is 0 Å². The summed E-state index contributed by atoms with van der Waals surface area (Å²) in [6, 6.07) is 0.553. The zero-order chi connectivity index (χ0) is 18.3. The maximum absolute atomic E-state index is 12.5. The molecule has 0 bridgehead atoms. The lowest BCUT2D eigenvalue weighted by Gasteiger charge is -2.29. The van der Waals surface area contributed by atoms with E-state index >= 15 is 0 Å². The van der Waals surface area contributed by atoms with Crippen LogP contribution in [-0.4, -0.2) is 84.0 Å². The highest BCUT2D eigenvalue weighted by atomic mass is 35.5. The molecular weight excluding hydrogens is 342 g/mol. The molecule has 1 heterocycles. The van der Waals surface area contributed by atoms with Crippen LogP contribution in [0.5, 0.6) is 0 Å². The van der Waals surface area contributed by atoms with Gasteiger partial charge in [-0.3, -0.25) is 19.4 Å². The van der Waals surface area contributed by atoms with E-state index in [-0.39, 0.29) is 30.9 Å². The fourth-order valence-corrected chi connectivity index (χ4v) is 3.47. The standard InChI is InChI=1S/C18H35N3O3.ClH/c1-14(2)11-15(3)20(5)17(22)12-21-9-6-7-16(8-10-21)19(4)13-18(23)24;/h14-16H,6-13H2,1-5H3,(H,23,24);1H. The van der Waals surface area contributed by atoms with Crippen molar-refractivity contribution in [1.82, 2.24) is 14.7 Å². The first kappa shape index (κ1) is 24.1. The van der Waals surface area contributed by atoms with Gasteiger partial charge in [0.25, 0.3) is 0 Å². The van der Waals surface area contributed by atoms with Crippen LogP contribution in [0, 0.1) is 5.92 Å². The molecule has 1 aliphatic heterocycles. The first-order chi connectivity index (χ1) is 11.2. The van der Waals surface area contributed by atoms with Gasteiger partial charge in [0, 0.05) is 25.7 Å². The third-order valence-electron chi connectivity index (χ3n) is 5.02. The lowest BCUT2D eigenvalue weighted by atomic mass is 10.0. The first-order valence-corrected chi connectivity index (χ1v) is 9.10. The van der Waals surface area contributed by atoms with Gasteiger partial charge >= 0.3 is 5.97 Å². The molecule has 0 aromatic heterocycles. The second-order valence-corrected chi connectivity index (χ2v) is 7.65. The molecule has 148 valence electrons. The zero-order valence-electron chi connectivity index (χ0n) is 16.4. The summed E-state index contributed by atoms with van der Waals surface area (Å²) >= 11 is 0. The number of carboxylic acid groups (broad SMARTS) is 1. The van der Waals surface area contributed by atoms with Crippen molar-refractivity contribution in [3.05, 3.63) is 0 Å². The SMILES string of the molecule is CC(C)CC(C)N(C)C(=O)CN1CCCC(N(C)CC(=O)O)CC1.Cl. The molecule has 1 saturated heterocycles. The summed E-state index contributed by atoms with van der Waals surface area (Å²) in [5, 5.41) is 8.93. The van der Waals surface area contributed by atoms with Crippen molar-refractivity contribution >= 4 is 24.3 Å². The number of carbonyl (C=O) groups is 2. The smallest absolute Gasteiger partial charge is 0.317 e. The maximum Gasteiger partial charge on any atom is 0.317 e. The van der Waals surface area contributed by atoms with Crippen molar-refractivity contribution in [2.24, 2.45) is 5.92 Å². The third-order valence-corrected chi connectivity index (χ3v) is 5.02. The Balaban J connectivity index is 0.00000576. The summed E-state index contributed by atoms with van der Waals surface area (Å²) in [5.41, 5.74) is 0. The van der Waals surface area contributed by atoms with E-state index in [4.69, 9.17) is 5.11 Å². The maximum atomic E-state index is 12.5. The van der Waals surface area contributed by atoms with E-state index in [1.807, 2.05) is 23.9 Å². The number of carboxylic acids is 1. The highest BCUT2D eigenvalue weighted by Gasteiger charge is 2.24. The molecule has 0 aliphatic carbocycles. The molecule has 0 spiro atoms. The van der Waals surface area contributed by atoms with Crippen LogP contribution in [-0.2, 0) is 9.59 Å². The number of aliphatic carboxylic acids is 1. The number of halogens is 1. The fraction of sp³-hybridized carbons (Fsp3) is 0.889. The van der Waals surface area contributed by atoms with Crippen LogP contribution in [0.4, 0.5) is 0 Å². The Bertz CT molecular complexity index is 420. The molecule has 0 saturated carbocycles. The number of hydrogen-bond donors (Lipinski definition) is 1. The molecule has 7 heteroatoms. The predicted octanol–water partition coefficient (Wildman–Crippen LogP) is 2.17. The van der Waals surface area contributed by atoms with Crippen LogP contribution in [0.15, 0.2) is 0 Å². The monoisotopic (exact) mass is 377 g/mol. The average Bonchev–Trinajstić information content (AvgIpc) is 2.70. The molecule has 0 aromatic carbocycles. The fourth-order valence-electron chi connectivity index (χ4n) is 3.47. The quantitative estimate of drug-likeness (QED) is 0.702. The Morgan fingerprint density at radius 3 is 2.36 bits per heavy atom. The molecule has 1 amide bonds. The van der Waals surface area contributed by atoms with E-state index in [1.54, 1.807) is 0 Å². The minimum atomic E-state index is -0.783. The molecule has 1 N–H and O–H groups in total. The van der Waals surface area contributed by atoms with Gasteiger partial charge in [0.05, 0.1) is 13.1 Å². The van der Waals surface area contributed by atoms with Gasteiger partial charge in [-0.05, 0) is 52.1 Å². The lowest BCUT2D eigenvalue weighted by Crippen LogP contribution is -2.43. The van der Waals surface area contributed by atoms with Gasteiger partial charge in [0.2, 0.25) is 5.91 Å². The third kappa shape index (κ3) is 8.88. The summed E-state index contributed by atoms with van der Waals surface area (Å²) in [5.74, 6) is -0.0194. The van der Waals surface area contributed by atoms with E-state index in [0.29, 0.717) is 18.5 Å². The highest BCUT2D eigenvalue weighted by Crippen LogP contribution is 2.16. The first-order valence-electron chi connectivity index (χ1n) is 9.10. The van der Waals surface area contributed by atoms with Crippen molar-refractivity contribution in [2.45, 2.75) is 58.5 Å². The van der Waals surface area contributed by atoms with Crippen LogP contribution < -0.4 is 0 Å². The second kappa shape index (κ2) is 11.7. The zero-order valence-corrected chi connectivity index (χ0v) is 17.2. The summed E-state index contributed by atoms with van der Waals surface area (Å²) in [4.78, 5) is 29.4. The number of rotatable bonds is 8. The Hall–Kier alpha value is -0.850. The van der Waals surface area contributed by atoms with Gasteiger partial charge in [-0.15, -0.1) is 12.4 Å². The topological polar surface area (TPSA) is 64.1 Å². The van der Waals surface area contributed by atoms with Crippen LogP contribution in [0.3, 0.4) is 0 Å². The van der Waals surface area contributed by atoms with Crippen molar-refractivity contribution in [2.75, 3.05) is 40.3 Å². The number of hydrogen-bond acceptors (Lipinski definition) is 4. The number of carbonyl (C=O) groups excluding carboxylic acids is 1. The molecular formula is C18H36ClN3O3. The summed E-state index contributed by atoms with van der Waals surface area (Å²) < 4.78 is 0. The van der Waals surface area contributed by atoms with Gasteiger partial charge in [-0.2, -0.15) is 0 Å². The summed E-state index contributed by atoms with van der Waals surface area (Å²) in [6.07, 6.45) is 3.94. The van der Waals surface area contributed by atoms with E-state index in [9.17, 15) is 9.59 Å². The number of likely N-dealkylation sites (N-methyl/N-ethyl adjacent to an activating group) is 2. The Kier molecular flexibility index (Phi) is 11.3. The number of amides is 1. The second-order valence-electron chi connectivity index (χ2n) is 7.65. The lowest BCUT2D eigenvalue weighted by molar-refractivity contribution is -0.138. The van der Waals surface area contributed by atoms with Crippen molar-refractivity contribution in [1.29, 1.82) is 0 Å². The van der Waals surface area contributed by atoms with Gasteiger partial charge in [-0.1, -0.05) is 13.8 Å². The van der Waals surface area contributed by atoms with Crippen molar-refractivity contribution < 1.29 is 14.7 Å². The number of likely N-dealkylation sites (tertiary alicyclic amines) is 1. The molecule has 1 aliphatic rings. The predicted molar refractivity (Wildman–Crippen MR) is 103 cm³/mol. The minimum absolute atomic E-state index is 0. The van der Waals surface area contributed by atoms with E-state index in [0.717, 1.165) is 38.8 Å². The molecule has 0 aromatic rings. The number of nitrogens with zero attached hydrogens (tertiary/aromatic N) is 3. The molecule has 2 unspecified atom stereocenters. The Morgan fingerprint density at radius 1 is 1.16 bits per heavy atom. The molecule has 2 atom stereocenters. The van der Waals surface area contributed by atoms with E-state index < -0.39 is 5.97 Å². The van der Waals surface area contributed by atoms with E-state index in [1.165, 1.54) is 0 Å². The Morgan fingerprint density at radius 2 is 1.80 bits per heavy atom. The highest BCUT2D eigenvalue weighted by molar-refractivity contribution is 5.85. The van der Waals surface area contributed by atoms with Crippen LogP contribution in [0.25, 0.3) is 0 Å². The molecule has 1 fully saturated rings. The van der Waals surface area contributed by atoms with E-state index in [2.05, 4.69) is 25.7 Å². The largest absolute Gasteiger partial charge is 0.480 e. The normalized spacial score (nSPS) is 20.0. The summed E-state index contributed by atoms with van der Waals surface area (Å²) in [6.45, 7) is 8.78. The summed E-state index contributed by atoms with van der Waals surface area (Å²) in [7, 11) is 3.78. The van der Waals surface area contributed by atoms with Gasteiger partial charge in [-0.25, -0.2) is 0 Å². The molecule has 6 nitrogen and oxygen atoms in total. The van der Waals surface area contributed by atoms with Crippen molar-refractivity contribution in [3.8, 4) is 0 Å². The average molecular weight is 378 g/mol. The van der Waals surface area contributed by atoms with Crippen LogP contribution >= 0.6 is 12.4 Å². The van der Waals surface area contributed by atoms with Crippen LogP contribution in [0.2, 0.25) is 0 Å².